The van der Waals surface area contributed by atoms with E-state index < -0.39 is 15.9 Å². The van der Waals surface area contributed by atoms with Crippen LogP contribution in [0.15, 0.2) is 47.4 Å². The number of hydrogen-bond acceptors (Lipinski definition) is 3. The van der Waals surface area contributed by atoms with Crippen LogP contribution in [0.3, 0.4) is 0 Å². The molecule has 0 radical (unpaired) electrons. The highest BCUT2D eigenvalue weighted by atomic mass is 35.5. The predicted molar refractivity (Wildman–Crippen MR) is 96.3 cm³/mol. The second-order valence-corrected chi connectivity index (χ2v) is 7.94. The molecule has 128 valence electrons. The third-order valence-electron chi connectivity index (χ3n) is 2.99. The van der Waals surface area contributed by atoms with Crippen molar-refractivity contribution in [1.29, 1.82) is 0 Å². The molecule has 0 atom stereocenters. The largest absolute Gasteiger partial charge is 0.322 e. The molecular formula is C16H16Cl2N2O3S. The fourth-order valence-electron chi connectivity index (χ4n) is 1.97. The number of halogens is 2. The fraction of sp³-hybridized carbons (Fsp3) is 0.188. The molecule has 24 heavy (non-hydrogen) atoms. The van der Waals surface area contributed by atoms with Gasteiger partial charge in [0.05, 0.1) is 15.5 Å². The number of carbonyl (C=O) groups is 1. The third kappa shape index (κ3) is 4.70. The second kappa shape index (κ2) is 7.53. The Morgan fingerprint density at radius 1 is 1.04 bits per heavy atom. The zero-order valence-corrected chi connectivity index (χ0v) is 15.3. The number of anilines is 1. The van der Waals surface area contributed by atoms with Crippen LogP contribution in [0.1, 0.15) is 24.2 Å². The lowest BCUT2D eigenvalue weighted by Gasteiger charge is -2.11. The molecule has 0 heterocycles. The van der Waals surface area contributed by atoms with Gasteiger partial charge >= 0.3 is 0 Å². The van der Waals surface area contributed by atoms with Crippen LogP contribution in [-0.2, 0) is 10.0 Å². The van der Waals surface area contributed by atoms with Crippen molar-refractivity contribution >= 4 is 44.8 Å². The van der Waals surface area contributed by atoms with Gasteiger partial charge in [-0.1, -0.05) is 23.2 Å². The number of nitrogens with one attached hydrogen (secondary N) is 2. The van der Waals surface area contributed by atoms with Crippen molar-refractivity contribution in [2.75, 3.05) is 5.32 Å². The quantitative estimate of drug-likeness (QED) is 0.816. The Labute approximate surface area is 151 Å². The van der Waals surface area contributed by atoms with Crippen LogP contribution in [-0.4, -0.2) is 20.4 Å². The molecule has 2 aromatic rings. The van der Waals surface area contributed by atoms with Gasteiger partial charge < -0.3 is 5.32 Å². The average molecular weight is 387 g/mol. The van der Waals surface area contributed by atoms with Crippen molar-refractivity contribution in [1.82, 2.24) is 4.72 Å². The lowest BCUT2D eigenvalue weighted by molar-refractivity contribution is 0.102. The maximum absolute atomic E-state index is 12.2. The number of amides is 1. The number of benzene rings is 2. The van der Waals surface area contributed by atoms with Gasteiger partial charge in [0.1, 0.15) is 0 Å². The van der Waals surface area contributed by atoms with E-state index in [0.29, 0.717) is 10.7 Å². The third-order valence-corrected chi connectivity index (χ3v) is 5.21. The van der Waals surface area contributed by atoms with E-state index in [4.69, 9.17) is 23.2 Å². The van der Waals surface area contributed by atoms with Gasteiger partial charge in [0.25, 0.3) is 5.91 Å². The minimum absolute atomic E-state index is 0.124. The molecule has 0 aliphatic carbocycles. The lowest BCUT2D eigenvalue weighted by atomic mass is 10.2. The van der Waals surface area contributed by atoms with Gasteiger partial charge in [-0.05, 0) is 56.3 Å². The maximum atomic E-state index is 12.2. The highest BCUT2D eigenvalue weighted by molar-refractivity contribution is 7.89. The molecule has 0 saturated carbocycles. The Bertz CT molecular complexity index is 850. The van der Waals surface area contributed by atoms with Crippen LogP contribution in [0, 0.1) is 0 Å². The van der Waals surface area contributed by atoms with Crippen LogP contribution >= 0.6 is 23.2 Å². The van der Waals surface area contributed by atoms with Gasteiger partial charge in [-0.3, -0.25) is 4.79 Å². The Hall–Kier alpha value is -1.60. The summed E-state index contributed by atoms with van der Waals surface area (Å²) in [6.45, 7) is 3.48. The summed E-state index contributed by atoms with van der Waals surface area (Å²) < 4.78 is 26.6. The Kier molecular flexibility index (Phi) is 5.87. The topological polar surface area (TPSA) is 75.3 Å². The van der Waals surface area contributed by atoms with Crippen LogP contribution in [0.4, 0.5) is 5.69 Å². The smallest absolute Gasteiger partial charge is 0.257 e. The predicted octanol–water partition coefficient (Wildman–Crippen LogP) is 3.93. The van der Waals surface area contributed by atoms with Crippen LogP contribution < -0.4 is 10.0 Å². The van der Waals surface area contributed by atoms with E-state index in [9.17, 15) is 13.2 Å². The Morgan fingerprint density at radius 2 is 1.67 bits per heavy atom. The standard InChI is InChI=1S/C16H16Cl2N2O3S/c1-10(2)20-24(22,23)13-6-4-12(5-7-13)19-16(21)14-8-3-11(17)9-15(14)18/h3-10,20H,1-2H3,(H,19,21). The zero-order chi connectivity index (χ0) is 17.9. The maximum Gasteiger partial charge on any atom is 0.257 e. The first-order valence-electron chi connectivity index (χ1n) is 7.08. The molecule has 0 saturated heterocycles. The molecule has 2 rings (SSSR count). The van der Waals surface area contributed by atoms with Gasteiger partial charge in [0.15, 0.2) is 0 Å². The molecule has 1 amide bonds. The van der Waals surface area contributed by atoms with E-state index in [2.05, 4.69) is 10.0 Å². The van der Waals surface area contributed by atoms with Crippen LogP contribution in [0.25, 0.3) is 0 Å². The number of hydrogen-bond donors (Lipinski definition) is 2. The van der Waals surface area contributed by atoms with Crippen LogP contribution in [0.5, 0.6) is 0 Å². The molecule has 0 unspecified atom stereocenters. The average Bonchev–Trinajstić information content (AvgIpc) is 2.46. The number of carbonyl (C=O) groups excluding carboxylic acids is 1. The first-order chi connectivity index (χ1) is 11.2. The monoisotopic (exact) mass is 386 g/mol. The molecule has 0 aliphatic rings. The summed E-state index contributed by atoms with van der Waals surface area (Å²) in [5, 5.41) is 3.33. The number of sulfonamides is 1. The molecule has 0 aliphatic heterocycles. The van der Waals surface area contributed by atoms with E-state index in [1.54, 1.807) is 19.9 Å². The van der Waals surface area contributed by atoms with Crippen LogP contribution in [0.2, 0.25) is 10.0 Å². The minimum atomic E-state index is -3.57. The molecular weight excluding hydrogens is 371 g/mol. The Morgan fingerprint density at radius 3 is 2.21 bits per heavy atom. The van der Waals surface area contributed by atoms with Gasteiger partial charge in [-0.15, -0.1) is 0 Å². The molecule has 2 aromatic carbocycles. The molecule has 0 bridgehead atoms. The second-order valence-electron chi connectivity index (χ2n) is 5.38. The summed E-state index contributed by atoms with van der Waals surface area (Å²) in [7, 11) is -3.57. The summed E-state index contributed by atoms with van der Waals surface area (Å²) in [6, 6.07) is 10.2. The number of rotatable bonds is 5. The highest BCUT2D eigenvalue weighted by Gasteiger charge is 2.16. The van der Waals surface area contributed by atoms with Crippen molar-refractivity contribution in [2.45, 2.75) is 24.8 Å². The molecule has 8 heteroatoms. The van der Waals surface area contributed by atoms with E-state index >= 15 is 0 Å². The SMILES string of the molecule is CC(C)NS(=O)(=O)c1ccc(NC(=O)c2ccc(Cl)cc2Cl)cc1. The van der Waals surface area contributed by atoms with Crippen molar-refractivity contribution in [3.63, 3.8) is 0 Å². The molecule has 0 aromatic heterocycles. The summed E-state index contributed by atoms with van der Waals surface area (Å²) in [5.41, 5.74) is 0.730. The minimum Gasteiger partial charge on any atom is -0.322 e. The summed E-state index contributed by atoms with van der Waals surface area (Å²) in [5.74, 6) is -0.410. The van der Waals surface area contributed by atoms with E-state index in [-0.39, 0.29) is 21.5 Å². The van der Waals surface area contributed by atoms with Gasteiger partial charge in [0.2, 0.25) is 10.0 Å². The first kappa shape index (κ1) is 18.7. The van der Waals surface area contributed by atoms with E-state index in [1.165, 1.54) is 36.4 Å². The first-order valence-corrected chi connectivity index (χ1v) is 9.32. The zero-order valence-electron chi connectivity index (χ0n) is 13.0. The highest BCUT2D eigenvalue weighted by Crippen LogP contribution is 2.22. The fourth-order valence-corrected chi connectivity index (χ4v) is 3.71. The van der Waals surface area contributed by atoms with E-state index in [0.717, 1.165) is 0 Å². The van der Waals surface area contributed by atoms with Crippen molar-refractivity contribution in [2.24, 2.45) is 0 Å². The summed E-state index contributed by atoms with van der Waals surface area (Å²) in [4.78, 5) is 12.3. The molecule has 0 fully saturated rings. The van der Waals surface area contributed by atoms with Gasteiger partial charge in [-0.25, -0.2) is 13.1 Å². The van der Waals surface area contributed by atoms with Gasteiger partial charge in [-0.2, -0.15) is 0 Å². The Balaban J connectivity index is 2.16. The van der Waals surface area contributed by atoms with Gasteiger partial charge in [0, 0.05) is 16.8 Å². The normalized spacial score (nSPS) is 11.5. The summed E-state index contributed by atoms with van der Waals surface area (Å²) in [6.07, 6.45) is 0. The molecule has 5 nitrogen and oxygen atoms in total. The molecule has 0 spiro atoms. The molecule has 2 N–H and O–H groups in total. The van der Waals surface area contributed by atoms with Crippen molar-refractivity contribution in [3.8, 4) is 0 Å². The van der Waals surface area contributed by atoms with Crippen molar-refractivity contribution in [3.05, 3.63) is 58.1 Å². The van der Waals surface area contributed by atoms with Crippen molar-refractivity contribution < 1.29 is 13.2 Å². The summed E-state index contributed by atoms with van der Waals surface area (Å²) >= 11 is 11.8. The lowest BCUT2D eigenvalue weighted by Crippen LogP contribution is -2.30. The van der Waals surface area contributed by atoms with E-state index in [1.807, 2.05) is 0 Å².